The summed E-state index contributed by atoms with van der Waals surface area (Å²) in [4.78, 5) is 23.5. The fraction of sp³-hybridized carbons (Fsp3) is 0.250. The second kappa shape index (κ2) is 6.52. The van der Waals surface area contributed by atoms with Crippen molar-refractivity contribution in [3.05, 3.63) is 62.1 Å². The molecule has 0 aliphatic rings. The van der Waals surface area contributed by atoms with E-state index in [4.69, 9.17) is 4.42 Å². The summed E-state index contributed by atoms with van der Waals surface area (Å²) in [6.07, 6.45) is 0. The third kappa shape index (κ3) is 3.04. The molecule has 4 aromatic rings. The summed E-state index contributed by atoms with van der Waals surface area (Å²) in [5.41, 5.74) is 3.60. The molecule has 0 fully saturated rings. The lowest BCUT2D eigenvalue weighted by Gasteiger charge is -2.08. The number of thiophene rings is 1. The first kappa shape index (κ1) is 17.2. The van der Waals surface area contributed by atoms with E-state index >= 15 is 0 Å². The van der Waals surface area contributed by atoms with E-state index in [0.717, 1.165) is 37.6 Å². The Labute approximate surface area is 159 Å². The van der Waals surface area contributed by atoms with Crippen LogP contribution in [0, 0.1) is 27.7 Å². The van der Waals surface area contributed by atoms with Crippen LogP contribution < -0.4 is 5.63 Å². The van der Waals surface area contributed by atoms with E-state index in [0.29, 0.717) is 11.3 Å². The predicted molar refractivity (Wildman–Crippen MR) is 108 cm³/mol. The lowest BCUT2D eigenvalue weighted by atomic mass is 10.1. The first-order chi connectivity index (χ1) is 12.4. The average Bonchev–Trinajstić information content (AvgIpc) is 2.85. The fourth-order valence-corrected chi connectivity index (χ4v) is 5.28. The van der Waals surface area contributed by atoms with Crippen LogP contribution in [0.25, 0.3) is 21.2 Å². The molecule has 4 rings (SSSR count). The molecule has 132 valence electrons. The molecular weight excluding hydrogens is 364 g/mol. The Morgan fingerprint density at radius 2 is 1.92 bits per heavy atom. The average molecular weight is 383 g/mol. The number of aromatic nitrogens is 2. The summed E-state index contributed by atoms with van der Waals surface area (Å²) in [6.45, 7) is 8.14. The van der Waals surface area contributed by atoms with Crippen molar-refractivity contribution in [3.63, 3.8) is 0 Å². The molecule has 1 aromatic carbocycles. The second-order valence-electron chi connectivity index (χ2n) is 6.42. The van der Waals surface area contributed by atoms with Crippen LogP contribution in [-0.4, -0.2) is 9.97 Å². The summed E-state index contributed by atoms with van der Waals surface area (Å²) in [7, 11) is 0. The minimum absolute atomic E-state index is 0.315. The Morgan fingerprint density at radius 3 is 2.73 bits per heavy atom. The van der Waals surface area contributed by atoms with Gasteiger partial charge in [0.1, 0.15) is 21.3 Å². The SMILES string of the molecule is Cc1ccc2c(CSc3nc(C)nc4sc(C)c(C)c34)cc(=O)oc2c1. The summed E-state index contributed by atoms with van der Waals surface area (Å²) < 4.78 is 5.36. The Morgan fingerprint density at radius 1 is 1.12 bits per heavy atom. The van der Waals surface area contributed by atoms with E-state index in [2.05, 4.69) is 23.8 Å². The number of rotatable bonds is 3. The number of nitrogens with zero attached hydrogens (tertiary/aromatic N) is 2. The molecule has 26 heavy (non-hydrogen) atoms. The van der Waals surface area contributed by atoms with Gasteiger partial charge in [-0.3, -0.25) is 0 Å². The van der Waals surface area contributed by atoms with Gasteiger partial charge >= 0.3 is 5.63 Å². The summed E-state index contributed by atoms with van der Waals surface area (Å²) >= 11 is 3.35. The van der Waals surface area contributed by atoms with E-state index in [9.17, 15) is 4.79 Å². The fourth-order valence-electron chi connectivity index (χ4n) is 3.02. The highest BCUT2D eigenvalue weighted by molar-refractivity contribution is 7.98. The molecule has 0 atom stereocenters. The van der Waals surface area contributed by atoms with Crippen LogP contribution in [0.1, 0.15) is 27.4 Å². The van der Waals surface area contributed by atoms with Crippen molar-refractivity contribution in [1.82, 2.24) is 9.97 Å². The third-order valence-corrected chi connectivity index (χ3v) is 6.58. The van der Waals surface area contributed by atoms with Gasteiger partial charge in [0.25, 0.3) is 0 Å². The molecule has 3 aromatic heterocycles. The van der Waals surface area contributed by atoms with Crippen LogP contribution >= 0.6 is 23.1 Å². The quantitative estimate of drug-likeness (QED) is 0.272. The van der Waals surface area contributed by atoms with Gasteiger partial charge in [0.2, 0.25) is 0 Å². The molecule has 6 heteroatoms. The van der Waals surface area contributed by atoms with Crippen molar-refractivity contribution >= 4 is 44.3 Å². The van der Waals surface area contributed by atoms with Gasteiger partial charge in [-0.2, -0.15) is 0 Å². The number of hydrogen-bond donors (Lipinski definition) is 0. The standard InChI is InChI=1S/C20H18N2O2S2/c1-10-5-6-15-14(8-17(23)24-16(15)7-10)9-25-19-18-11(2)12(3)26-20(18)22-13(4)21-19/h5-8H,9H2,1-4H3. The Bertz CT molecular complexity index is 1210. The van der Waals surface area contributed by atoms with Crippen molar-refractivity contribution in [2.24, 2.45) is 0 Å². The zero-order valence-corrected chi connectivity index (χ0v) is 16.7. The molecule has 0 bridgehead atoms. The second-order valence-corrected chi connectivity index (χ2v) is 8.59. The minimum atomic E-state index is -0.315. The Kier molecular flexibility index (Phi) is 4.32. The summed E-state index contributed by atoms with van der Waals surface area (Å²) in [5, 5.41) is 3.08. The third-order valence-electron chi connectivity index (χ3n) is 4.46. The molecule has 0 radical (unpaired) electrons. The molecule has 0 amide bonds. The lowest BCUT2D eigenvalue weighted by molar-refractivity contribution is 0.559. The molecule has 4 nitrogen and oxygen atoms in total. The number of fused-ring (bicyclic) bond motifs is 2. The molecule has 0 aliphatic carbocycles. The van der Waals surface area contributed by atoms with Crippen LogP contribution in [0.3, 0.4) is 0 Å². The largest absolute Gasteiger partial charge is 0.423 e. The number of hydrogen-bond acceptors (Lipinski definition) is 6. The van der Waals surface area contributed by atoms with E-state index in [1.165, 1.54) is 10.4 Å². The summed E-state index contributed by atoms with van der Waals surface area (Å²) in [5.74, 6) is 1.43. The van der Waals surface area contributed by atoms with Gasteiger partial charge in [0, 0.05) is 27.5 Å². The molecule has 0 aliphatic heterocycles. The van der Waals surface area contributed by atoms with Crippen LogP contribution in [0.2, 0.25) is 0 Å². The van der Waals surface area contributed by atoms with Crippen molar-refractivity contribution in [1.29, 1.82) is 0 Å². The van der Waals surface area contributed by atoms with Crippen molar-refractivity contribution in [2.45, 2.75) is 38.5 Å². The van der Waals surface area contributed by atoms with E-state index in [1.54, 1.807) is 29.2 Å². The van der Waals surface area contributed by atoms with Crippen molar-refractivity contribution < 1.29 is 4.42 Å². The Balaban J connectivity index is 1.78. The number of benzene rings is 1. The normalized spacial score (nSPS) is 11.5. The van der Waals surface area contributed by atoms with Crippen LogP contribution in [0.5, 0.6) is 0 Å². The molecule has 0 saturated heterocycles. The minimum Gasteiger partial charge on any atom is -0.423 e. The highest BCUT2D eigenvalue weighted by Gasteiger charge is 2.15. The zero-order valence-electron chi connectivity index (χ0n) is 15.0. The monoisotopic (exact) mass is 382 g/mol. The maximum atomic E-state index is 12.0. The van der Waals surface area contributed by atoms with Crippen LogP contribution in [0.15, 0.2) is 38.5 Å². The van der Waals surface area contributed by atoms with E-state index in [1.807, 2.05) is 32.0 Å². The maximum Gasteiger partial charge on any atom is 0.336 e. The van der Waals surface area contributed by atoms with E-state index in [-0.39, 0.29) is 5.63 Å². The van der Waals surface area contributed by atoms with E-state index < -0.39 is 0 Å². The first-order valence-corrected chi connectivity index (χ1v) is 10.1. The molecule has 3 heterocycles. The van der Waals surface area contributed by atoms with Gasteiger partial charge in [0.05, 0.1) is 0 Å². The maximum absolute atomic E-state index is 12.0. The molecule has 0 saturated carbocycles. The van der Waals surface area contributed by atoms with Gasteiger partial charge in [0.15, 0.2) is 0 Å². The molecule has 0 N–H and O–H groups in total. The highest BCUT2D eigenvalue weighted by atomic mass is 32.2. The molecular formula is C20H18N2O2S2. The van der Waals surface area contributed by atoms with Gasteiger partial charge < -0.3 is 4.42 Å². The Hall–Kier alpha value is -2.18. The van der Waals surface area contributed by atoms with Gasteiger partial charge in [-0.05, 0) is 50.5 Å². The van der Waals surface area contributed by atoms with Crippen LogP contribution in [0.4, 0.5) is 0 Å². The van der Waals surface area contributed by atoms with Gasteiger partial charge in [-0.25, -0.2) is 14.8 Å². The topological polar surface area (TPSA) is 56.0 Å². The molecule has 0 unspecified atom stereocenters. The smallest absolute Gasteiger partial charge is 0.336 e. The van der Waals surface area contributed by atoms with Gasteiger partial charge in [-0.1, -0.05) is 12.1 Å². The predicted octanol–water partition coefficient (Wildman–Crippen LogP) is 5.32. The number of thioether (sulfide) groups is 1. The number of aryl methyl sites for hydroxylation is 4. The van der Waals surface area contributed by atoms with Crippen molar-refractivity contribution in [2.75, 3.05) is 0 Å². The highest BCUT2D eigenvalue weighted by Crippen LogP contribution is 2.36. The lowest BCUT2D eigenvalue weighted by Crippen LogP contribution is -2.00. The molecule has 0 spiro atoms. The van der Waals surface area contributed by atoms with Gasteiger partial charge in [-0.15, -0.1) is 23.1 Å². The van der Waals surface area contributed by atoms with Crippen molar-refractivity contribution in [3.8, 4) is 0 Å². The summed E-state index contributed by atoms with van der Waals surface area (Å²) in [6, 6.07) is 7.55. The zero-order chi connectivity index (χ0) is 18.4. The van der Waals surface area contributed by atoms with Crippen LogP contribution in [-0.2, 0) is 5.75 Å². The first-order valence-electron chi connectivity index (χ1n) is 8.33.